The van der Waals surface area contributed by atoms with Gasteiger partial charge in [-0.25, -0.2) is 4.39 Å². The van der Waals surface area contributed by atoms with Crippen molar-refractivity contribution < 1.29 is 4.39 Å². The summed E-state index contributed by atoms with van der Waals surface area (Å²) in [6.45, 7) is 7.07. The number of nitrogens with zero attached hydrogens (tertiary/aromatic N) is 2. The third kappa shape index (κ3) is 3.49. The van der Waals surface area contributed by atoms with Gasteiger partial charge < -0.3 is 15.5 Å². The molecule has 1 heterocycles. The van der Waals surface area contributed by atoms with Crippen LogP contribution in [0.25, 0.3) is 0 Å². The number of rotatable bonds is 3. The van der Waals surface area contributed by atoms with E-state index in [1.165, 1.54) is 0 Å². The molecule has 1 fully saturated rings. The van der Waals surface area contributed by atoms with Gasteiger partial charge in [-0.15, -0.1) is 0 Å². The second kappa shape index (κ2) is 6.55. The van der Waals surface area contributed by atoms with Crippen molar-refractivity contribution >= 4 is 5.69 Å². The molecule has 1 aromatic carbocycles. The lowest BCUT2D eigenvalue weighted by Gasteiger charge is -2.32. The predicted molar refractivity (Wildman–Crippen MR) is 82.7 cm³/mol. The first-order valence-corrected chi connectivity index (χ1v) is 7.47. The van der Waals surface area contributed by atoms with Crippen LogP contribution in [-0.4, -0.2) is 43.7 Å². The highest BCUT2D eigenvalue weighted by Gasteiger charge is 2.24. The fourth-order valence-corrected chi connectivity index (χ4v) is 3.10. The van der Waals surface area contributed by atoms with Gasteiger partial charge in [0.15, 0.2) is 0 Å². The van der Waals surface area contributed by atoms with Crippen molar-refractivity contribution in [1.29, 1.82) is 0 Å². The van der Waals surface area contributed by atoms with E-state index < -0.39 is 0 Å². The molecule has 112 valence electrons. The number of hydrogen-bond acceptors (Lipinski definition) is 3. The molecule has 0 spiro atoms. The Bertz CT molecular complexity index is 447. The summed E-state index contributed by atoms with van der Waals surface area (Å²) in [7, 11) is 2.13. The standard InChI is InChI=1S/C16H26FN3/c1-12(18)10-14-6-4-7-15(17)16(14)20-9-5-8-19(3)11-13(20)2/h4,6-7,12-13H,5,8-11,18H2,1-3H3. The van der Waals surface area contributed by atoms with Crippen LogP contribution < -0.4 is 10.6 Å². The lowest BCUT2D eigenvalue weighted by atomic mass is 10.0. The Morgan fingerprint density at radius 2 is 2.15 bits per heavy atom. The van der Waals surface area contributed by atoms with Crippen molar-refractivity contribution in [2.24, 2.45) is 5.73 Å². The van der Waals surface area contributed by atoms with E-state index in [-0.39, 0.29) is 11.9 Å². The van der Waals surface area contributed by atoms with E-state index in [1.807, 2.05) is 13.0 Å². The molecule has 0 saturated carbocycles. The summed E-state index contributed by atoms with van der Waals surface area (Å²) < 4.78 is 14.4. The van der Waals surface area contributed by atoms with Crippen LogP contribution in [0.3, 0.4) is 0 Å². The summed E-state index contributed by atoms with van der Waals surface area (Å²) in [5.41, 5.74) is 7.69. The van der Waals surface area contributed by atoms with Gasteiger partial charge in [0, 0.05) is 25.2 Å². The Morgan fingerprint density at radius 3 is 2.85 bits per heavy atom. The zero-order valence-electron chi connectivity index (χ0n) is 12.8. The van der Waals surface area contributed by atoms with Crippen LogP contribution in [0.15, 0.2) is 18.2 Å². The molecule has 2 N–H and O–H groups in total. The highest BCUT2D eigenvalue weighted by molar-refractivity contribution is 5.56. The normalized spacial score (nSPS) is 22.6. The number of benzene rings is 1. The molecular weight excluding hydrogens is 253 g/mol. The van der Waals surface area contributed by atoms with Crippen LogP contribution >= 0.6 is 0 Å². The summed E-state index contributed by atoms with van der Waals surface area (Å²) in [6, 6.07) is 5.70. The van der Waals surface area contributed by atoms with Crippen LogP contribution in [-0.2, 0) is 6.42 Å². The van der Waals surface area contributed by atoms with Crippen molar-refractivity contribution in [2.45, 2.75) is 38.8 Å². The molecule has 0 aliphatic carbocycles. The van der Waals surface area contributed by atoms with Crippen LogP contribution in [0.5, 0.6) is 0 Å². The van der Waals surface area contributed by atoms with Gasteiger partial charge in [0.2, 0.25) is 0 Å². The van der Waals surface area contributed by atoms with E-state index in [1.54, 1.807) is 12.1 Å². The molecular formula is C16H26FN3. The maximum atomic E-state index is 14.4. The Hall–Kier alpha value is -1.13. The average molecular weight is 279 g/mol. The largest absolute Gasteiger partial charge is 0.365 e. The summed E-state index contributed by atoms with van der Waals surface area (Å²) in [6.07, 6.45) is 1.78. The van der Waals surface area contributed by atoms with Gasteiger partial charge in [-0.1, -0.05) is 12.1 Å². The summed E-state index contributed by atoms with van der Waals surface area (Å²) >= 11 is 0. The highest BCUT2D eigenvalue weighted by atomic mass is 19.1. The molecule has 0 aromatic heterocycles. The monoisotopic (exact) mass is 279 g/mol. The molecule has 1 aliphatic rings. The van der Waals surface area contributed by atoms with Gasteiger partial charge in [0.05, 0.1) is 5.69 Å². The second-order valence-electron chi connectivity index (χ2n) is 6.09. The van der Waals surface area contributed by atoms with E-state index in [0.717, 1.165) is 37.3 Å². The topological polar surface area (TPSA) is 32.5 Å². The minimum Gasteiger partial charge on any atom is -0.365 e. The zero-order valence-corrected chi connectivity index (χ0v) is 12.8. The van der Waals surface area contributed by atoms with Crippen LogP contribution in [0, 0.1) is 5.82 Å². The van der Waals surface area contributed by atoms with Crippen molar-refractivity contribution in [3.63, 3.8) is 0 Å². The third-order valence-corrected chi connectivity index (χ3v) is 3.95. The van der Waals surface area contributed by atoms with Gasteiger partial charge >= 0.3 is 0 Å². The summed E-state index contributed by atoms with van der Waals surface area (Å²) in [5, 5.41) is 0. The third-order valence-electron chi connectivity index (χ3n) is 3.95. The second-order valence-corrected chi connectivity index (χ2v) is 6.09. The van der Waals surface area contributed by atoms with Crippen molar-refractivity contribution in [3.05, 3.63) is 29.6 Å². The molecule has 1 aliphatic heterocycles. The van der Waals surface area contributed by atoms with Gasteiger partial charge in [0.25, 0.3) is 0 Å². The van der Waals surface area contributed by atoms with Gasteiger partial charge in [-0.2, -0.15) is 0 Å². The van der Waals surface area contributed by atoms with Crippen LogP contribution in [0.4, 0.5) is 10.1 Å². The maximum absolute atomic E-state index is 14.4. The molecule has 1 saturated heterocycles. The Morgan fingerprint density at radius 1 is 1.40 bits per heavy atom. The van der Waals surface area contributed by atoms with E-state index >= 15 is 0 Å². The number of anilines is 1. The summed E-state index contributed by atoms with van der Waals surface area (Å²) in [4.78, 5) is 4.54. The molecule has 0 radical (unpaired) electrons. The van der Waals surface area contributed by atoms with Crippen molar-refractivity contribution in [1.82, 2.24) is 4.90 Å². The first-order chi connectivity index (χ1) is 9.49. The number of hydrogen-bond donors (Lipinski definition) is 1. The Labute approximate surface area is 121 Å². The van der Waals surface area contributed by atoms with Gasteiger partial charge in [-0.3, -0.25) is 0 Å². The van der Waals surface area contributed by atoms with Gasteiger partial charge in [0.1, 0.15) is 5.82 Å². The lowest BCUT2D eigenvalue weighted by molar-refractivity contribution is 0.337. The first-order valence-electron chi connectivity index (χ1n) is 7.47. The van der Waals surface area contributed by atoms with Gasteiger partial charge in [-0.05, 0) is 51.9 Å². The van der Waals surface area contributed by atoms with E-state index in [9.17, 15) is 4.39 Å². The highest BCUT2D eigenvalue weighted by Crippen LogP contribution is 2.28. The molecule has 1 aromatic rings. The molecule has 2 rings (SSSR count). The number of halogens is 1. The SMILES string of the molecule is CC(N)Cc1cccc(F)c1N1CCCN(C)CC1C. The fraction of sp³-hybridized carbons (Fsp3) is 0.625. The minimum absolute atomic E-state index is 0.0421. The first kappa shape index (κ1) is 15.3. The minimum atomic E-state index is -0.125. The van der Waals surface area contributed by atoms with Crippen molar-refractivity contribution in [2.75, 3.05) is 31.6 Å². The molecule has 3 nitrogen and oxygen atoms in total. The Kier molecular flexibility index (Phi) is 5.00. The molecule has 0 amide bonds. The summed E-state index contributed by atoms with van der Waals surface area (Å²) in [5.74, 6) is -0.125. The number of nitrogens with two attached hydrogens (primary N) is 1. The van der Waals surface area contributed by atoms with E-state index in [0.29, 0.717) is 12.5 Å². The molecule has 2 unspecified atom stereocenters. The quantitative estimate of drug-likeness (QED) is 0.921. The Balaban J connectivity index is 2.34. The van der Waals surface area contributed by atoms with Crippen LogP contribution in [0.2, 0.25) is 0 Å². The predicted octanol–water partition coefficient (Wildman–Crippen LogP) is 2.25. The van der Waals surface area contributed by atoms with E-state index in [4.69, 9.17) is 5.73 Å². The van der Waals surface area contributed by atoms with Crippen molar-refractivity contribution in [3.8, 4) is 0 Å². The van der Waals surface area contributed by atoms with E-state index in [2.05, 4.69) is 23.8 Å². The zero-order chi connectivity index (χ0) is 14.7. The van der Waals surface area contributed by atoms with Crippen LogP contribution in [0.1, 0.15) is 25.8 Å². The number of likely N-dealkylation sites (N-methyl/N-ethyl adjacent to an activating group) is 1. The molecule has 4 heteroatoms. The number of para-hydroxylation sites is 1. The fourth-order valence-electron chi connectivity index (χ4n) is 3.10. The smallest absolute Gasteiger partial charge is 0.146 e. The molecule has 2 atom stereocenters. The lowest BCUT2D eigenvalue weighted by Crippen LogP contribution is -2.39. The molecule has 20 heavy (non-hydrogen) atoms. The average Bonchev–Trinajstić information content (AvgIpc) is 2.50. The molecule has 0 bridgehead atoms. The maximum Gasteiger partial charge on any atom is 0.146 e.